The predicted octanol–water partition coefficient (Wildman–Crippen LogP) is 5.72. The minimum Gasteiger partial charge on any atom is -0.487 e. The lowest BCUT2D eigenvalue weighted by Crippen LogP contribution is -2.39. The van der Waals surface area contributed by atoms with Gasteiger partial charge >= 0.3 is 5.97 Å². The van der Waals surface area contributed by atoms with Gasteiger partial charge in [0, 0.05) is 60.0 Å². The van der Waals surface area contributed by atoms with Crippen molar-refractivity contribution in [2.45, 2.75) is 57.5 Å². The number of benzene rings is 2. The van der Waals surface area contributed by atoms with Gasteiger partial charge in [0.25, 0.3) is 5.69 Å². The first kappa shape index (κ1) is 26.6. The average Bonchev–Trinajstić information content (AvgIpc) is 2.91. The van der Waals surface area contributed by atoms with Crippen molar-refractivity contribution in [1.29, 1.82) is 0 Å². The number of aliphatic carboxylic acids is 1. The molecule has 0 saturated heterocycles. The van der Waals surface area contributed by atoms with E-state index >= 15 is 0 Å². The van der Waals surface area contributed by atoms with E-state index in [1.54, 1.807) is 24.3 Å². The number of halogens is 1. The van der Waals surface area contributed by atoms with Gasteiger partial charge in [-0.25, -0.2) is 0 Å². The topological polar surface area (TPSA) is 127 Å². The van der Waals surface area contributed by atoms with Gasteiger partial charge in [0.05, 0.1) is 16.4 Å². The number of non-ortho nitro benzene ring substituents is 1. The van der Waals surface area contributed by atoms with Crippen molar-refractivity contribution in [3.63, 3.8) is 0 Å². The summed E-state index contributed by atoms with van der Waals surface area (Å²) in [5, 5.41) is 20.5. The Hall–Kier alpha value is -3.98. The van der Waals surface area contributed by atoms with E-state index in [1.165, 1.54) is 12.1 Å². The first-order chi connectivity index (χ1) is 18.7. The molecule has 0 bridgehead atoms. The van der Waals surface area contributed by atoms with E-state index in [-0.39, 0.29) is 36.8 Å². The number of ketones is 2. The fourth-order valence-electron chi connectivity index (χ4n) is 5.72. The highest BCUT2D eigenvalue weighted by atomic mass is 35.5. The van der Waals surface area contributed by atoms with Gasteiger partial charge in [-0.1, -0.05) is 17.7 Å². The van der Waals surface area contributed by atoms with Gasteiger partial charge in [-0.3, -0.25) is 24.5 Å². The van der Waals surface area contributed by atoms with E-state index < -0.39 is 16.8 Å². The standard InChI is InChI=1S/C29H27ClN2O7/c30-20-15-18(9-12-25(20)39-16-17-7-10-19(11-8-17)32(37)38)27-28-21(3-1-5-23(28)33)31(14-13-26(35)36)22-4-2-6-24(34)29(22)27/h7-12,15,27H,1-6,13-14,16H2,(H,35,36). The van der Waals surface area contributed by atoms with Gasteiger partial charge in [-0.15, -0.1) is 0 Å². The van der Waals surface area contributed by atoms with Crippen molar-refractivity contribution >= 4 is 34.8 Å². The SMILES string of the molecule is O=C(O)CCN1C2=C(C(=O)CCC2)C(c2ccc(OCc3ccc([N+](=O)[O-])cc3)c(Cl)c2)C2=C1CCCC2=O. The number of ether oxygens (including phenoxy) is 1. The van der Waals surface area contributed by atoms with Crippen molar-refractivity contribution in [2.75, 3.05) is 6.54 Å². The van der Waals surface area contributed by atoms with E-state index in [1.807, 2.05) is 11.0 Å². The van der Waals surface area contributed by atoms with E-state index in [0.29, 0.717) is 66.0 Å². The smallest absolute Gasteiger partial charge is 0.305 e. The number of carbonyl (C=O) groups is 3. The second-order valence-corrected chi connectivity index (χ2v) is 10.3. The Kier molecular flexibility index (Phi) is 7.52. The summed E-state index contributed by atoms with van der Waals surface area (Å²) in [6.07, 6.45) is 3.32. The zero-order chi connectivity index (χ0) is 27.7. The molecule has 5 rings (SSSR count). The Morgan fingerprint density at radius 3 is 2.15 bits per heavy atom. The van der Waals surface area contributed by atoms with Crippen LogP contribution in [0.3, 0.4) is 0 Å². The average molecular weight is 551 g/mol. The van der Waals surface area contributed by atoms with Crippen LogP contribution in [0.25, 0.3) is 0 Å². The van der Waals surface area contributed by atoms with Crippen molar-refractivity contribution in [3.05, 3.63) is 91.3 Å². The summed E-state index contributed by atoms with van der Waals surface area (Å²) < 4.78 is 5.87. The number of carbonyl (C=O) groups excluding carboxylic acids is 2. The minimum atomic E-state index is -0.929. The number of nitrogens with zero attached hydrogens (tertiary/aromatic N) is 2. The lowest BCUT2D eigenvalue weighted by molar-refractivity contribution is -0.384. The van der Waals surface area contributed by atoms with Crippen LogP contribution in [-0.4, -0.2) is 39.0 Å². The molecule has 10 heteroatoms. The van der Waals surface area contributed by atoms with Gasteiger partial charge in [-0.2, -0.15) is 0 Å². The maximum absolute atomic E-state index is 13.3. The highest BCUT2D eigenvalue weighted by Crippen LogP contribution is 2.49. The quantitative estimate of drug-likeness (QED) is 0.327. The van der Waals surface area contributed by atoms with Crippen LogP contribution in [0.2, 0.25) is 5.02 Å². The van der Waals surface area contributed by atoms with Crippen LogP contribution in [-0.2, 0) is 21.0 Å². The second kappa shape index (κ2) is 11.0. The molecule has 39 heavy (non-hydrogen) atoms. The summed E-state index contributed by atoms with van der Waals surface area (Å²) in [5.41, 5.74) is 4.21. The molecular weight excluding hydrogens is 524 g/mol. The minimum absolute atomic E-state index is 0.00740. The molecule has 2 aromatic carbocycles. The molecule has 0 amide bonds. The summed E-state index contributed by atoms with van der Waals surface area (Å²) in [4.78, 5) is 50.4. The zero-order valence-corrected chi connectivity index (χ0v) is 21.9. The lowest BCUT2D eigenvalue weighted by atomic mass is 9.71. The number of rotatable bonds is 8. The Morgan fingerprint density at radius 2 is 1.62 bits per heavy atom. The second-order valence-electron chi connectivity index (χ2n) is 9.90. The normalized spacial score (nSPS) is 17.7. The fraction of sp³-hybridized carbons (Fsp3) is 0.345. The van der Waals surface area contributed by atoms with Crippen LogP contribution in [0.4, 0.5) is 5.69 Å². The molecule has 0 aromatic heterocycles. The van der Waals surface area contributed by atoms with Crippen LogP contribution < -0.4 is 4.74 Å². The van der Waals surface area contributed by atoms with Gasteiger partial charge in [0.2, 0.25) is 0 Å². The summed E-state index contributed by atoms with van der Waals surface area (Å²) in [5.74, 6) is -1.13. The Labute approximate surface area is 229 Å². The number of Topliss-reactive ketones (excluding diaryl/α,β-unsaturated/α-hetero) is 2. The van der Waals surface area contributed by atoms with Crippen LogP contribution in [0.5, 0.6) is 5.75 Å². The van der Waals surface area contributed by atoms with E-state index in [4.69, 9.17) is 16.3 Å². The van der Waals surface area contributed by atoms with Crippen molar-refractivity contribution in [1.82, 2.24) is 4.90 Å². The van der Waals surface area contributed by atoms with Crippen LogP contribution >= 0.6 is 11.6 Å². The molecular formula is C29H27ClN2O7. The Balaban J connectivity index is 1.48. The molecule has 1 N–H and O–H groups in total. The van der Waals surface area contributed by atoms with Crippen LogP contribution in [0.1, 0.15) is 62.0 Å². The van der Waals surface area contributed by atoms with E-state index in [0.717, 1.165) is 17.0 Å². The monoisotopic (exact) mass is 550 g/mol. The first-order valence-corrected chi connectivity index (χ1v) is 13.3. The number of hydrogen-bond donors (Lipinski definition) is 1. The molecule has 0 saturated carbocycles. The fourth-order valence-corrected chi connectivity index (χ4v) is 5.96. The van der Waals surface area contributed by atoms with Crippen molar-refractivity contribution in [2.24, 2.45) is 0 Å². The number of nitro groups is 1. The van der Waals surface area contributed by atoms with E-state index in [9.17, 15) is 29.6 Å². The molecule has 0 spiro atoms. The number of hydrogen-bond acceptors (Lipinski definition) is 7. The van der Waals surface area contributed by atoms with Gasteiger partial charge in [0.1, 0.15) is 12.4 Å². The van der Waals surface area contributed by atoms with Crippen LogP contribution in [0, 0.1) is 10.1 Å². The molecule has 0 unspecified atom stereocenters. The molecule has 0 atom stereocenters. The molecule has 0 radical (unpaired) electrons. The van der Waals surface area contributed by atoms with Crippen LogP contribution in [0.15, 0.2) is 65.0 Å². The highest BCUT2D eigenvalue weighted by Gasteiger charge is 2.43. The molecule has 2 aromatic rings. The third kappa shape index (κ3) is 5.31. The zero-order valence-electron chi connectivity index (χ0n) is 21.2. The van der Waals surface area contributed by atoms with Gasteiger partial charge < -0.3 is 14.7 Å². The molecule has 1 heterocycles. The molecule has 1 aliphatic heterocycles. The number of carboxylic acids is 1. The summed E-state index contributed by atoms with van der Waals surface area (Å²) >= 11 is 6.63. The summed E-state index contributed by atoms with van der Waals surface area (Å²) in [6.45, 7) is 0.372. The van der Waals surface area contributed by atoms with E-state index in [2.05, 4.69) is 0 Å². The summed E-state index contributed by atoms with van der Waals surface area (Å²) in [6, 6.07) is 11.3. The lowest BCUT2D eigenvalue weighted by Gasteiger charge is -2.44. The Bertz CT molecular complexity index is 1380. The van der Waals surface area contributed by atoms with Crippen molar-refractivity contribution < 1.29 is 29.2 Å². The molecule has 202 valence electrons. The maximum Gasteiger partial charge on any atom is 0.305 e. The van der Waals surface area contributed by atoms with Gasteiger partial charge in [-0.05, 0) is 61.1 Å². The molecule has 0 fully saturated rings. The number of carboxylic acid groups (broad SMARTS) is 1. The van der Waals surface area contributed by atoms with Crippen molar-refractivity contribution in [3.8, 4) is 5.75 Å². The summed E-state index contributed by atoms with van der Waals surface area (Å²) in [7, 11) is 0. The highest BCUT2D eigenvalue weighted by molar-refractivity contribution is 6.32. The maximum atomic E-state index is 13.3. The Morgan fingerprint density at radius 1 is 1.00 bits per heavy atom. The predicted molar refractivity (Wildman–Crippen MR) is 142 cm³/mol. The third-order valence-corrected chi connectivity index (χ3v) is 7.76. The molecule has 3 aliphatic rings. The molecule has 2 aliphatic carbocycles. The van der Waals surface area contributed by atoms with Gasteiger partial charge in [0.15, 0.2) is 11.6 Å². The largest absolute Gasteiger partial charge is 0.487 e. The first-order valence-electron chi connectivity index (χ1n) is 12.9. The number of allylic oxidation sites excluding steroid dienone is 4. The number of nitro benzene ring substituents is 1. The molecule has 9 nitrogen and oxygen atoms in total. The third-order valence-electron chi connectivity index (χ3n) is 7.47.